The highest BCUT2D eigenvalue weighted by Gasteiger charge is 2.44. The minimum absolute atomic E-state index is 0.0994. The molecule has 1 fully saturated rings. The van der Waals surface area contributed by atoms with E-state index in [9.17, 15) is 9.18 Å². The number of carbonyl (C=O) groups excluding carboxylic acids is 1. The number of hydrogen-bond donors (Lipinski definition) is 1. The Labute approximate surface area is 75.8 Å². The molecule has 0 spiro atoms. The largest absolute Gasteiger partial charge is 0.354 e. The number of nitrogens with one attached hydrogen (secondary N) is 1. The lowest BCUT2D eigenvalue weighted by Crippen LogP contribution is -2.60. The van der Waals surface area contributed by atoms with Crippen molar-refractivity contribution in [2.24, 2.45) is 0 Å². The predicted molar refractivity (Wildman–Crippen MR) is 46.8 cm³/mol. The summed E-state index contributed by atoms with van der Waals surface area (Å²) in [6.07, 6.45) is 0. The molecule has 1 aromatic carbocycles. The zero-order valence-corrected chi connectivity index (χ0v) is 7.30. The Morgan fingerprint density at radius 1 is 1.46 bits per heavy atom. The summed E-state index contributed by atoms with van der Waals surface area (Å²) in [6, 6.07) is 6.41. The molecule has 2 rings (SSSR count). The highest BCUT2D eigenvalue weighted by molar-refractivity contribution is 5.93. The van der Waals surface area contributed by atoms with Crippen molar-refractivity contribution in [2.45, 2.75) is 12.3 Å². The van der Waals surface area contributed by atoms with Crippen molar-refractivity contribution in [3.63, 3.8) is 0 Å². The molecule has 1 aliphatic heterocycles. The van der Waals surface area contributed by atoms with Crippen molar-refractivity contribution in [2.75, 3.05) is 6.54 Å². The molecule has 0 aliphatic carbocycles. The third kappa shape index (κ3) is 1.03. The van der Waals surface area contributed by atoms with Crippen molar-refractivity contribution < 1.29 is 9.18 Å². The van der Waals surface area contributed by atoms with Crippen LogP contribution in [0.25, 0.3) is 0 Å². The Morgan fingerprint density at radius 3 is 2.62 bits per heavy atom. The van der Waals surface area contributed by atoms with Gasteiger partial charge in [0.2, 0.25) is 5.91 Å². The van der Waals surface area contributed by atoms with Gasteiger partial charge >= 0.3 is 0 Å². The van der Waals surface area contributed by atoms with Crippen LogP contribution in [-0.2, 0) is 10.2 Å². The molecule has 0 saturated carbocycles. The van der Waals surface area contributed by atoms with Crippen LogP contribution in [-0.4, -0.2) is 12.5 Å². The first-order chi connectivity index (χ1) is 6.14. The third-order valence-corrected chi connectivity index (χ3v) is 2.57. The van der Waals surface area contributed by atoms with E-state index in [-0.39, 0.29) is 11.7 Å². The summed E-state index contributed by atoms with van der Waals surface area (Å²) in [4.78, 5) is 11.2. The molecular weight excluding hydrogens is 169 g/mol. The molecule has 0 radical (unpaired) electrons. The lowest BCUT2D eigenvalue weighted by molar-refractivity contribution is -0.133. The standard InChI is InChI=1S/C10H10FNO/c1-10(6-12-9(10)13)7-4-2-3-5-8(7)11/h2-5H,6H2,1H3,(H,12,13). The minimum atomic E-state index is -0.661. The SMILES string of the molecule is CC1(c2ccccc2F)CNC1=O. The van der Waals surface area contributed by atoms with E-state index in [0.717, 1.165) is 0 Å². The van der Waals surface area contributed by atoms with E-state index in [2.05, 4.69) is 5.32 Å². The molecule has 1 aromatic rings. The van der Waals surface area contributed by atoms with Gasteiger partial charge in [0.25, 0.3) is 0 Å². The van der Waals surface area contributed by atoms with Crippen molar-refractivity contribution in [3.05, 3.63) is 35.6 Å². The van der Waals surface area contributed by atoms with Gasteiger partial charge in [-0.05, 0) is 13.0 Å². The fraction of sp³-hybridized carbons (Fsp3) is 0.300. The van der Waals surface area contributed by atoms with E-state index in [1.807, 2.05) is 0 Å². The topological polar surface area (TPSA) is 29.1 Å². The van der Waals surface area contributed by atoms with Crippen LogP contribution >= 0.6 is 0 Å². The second kappa shape index (κ2) is 2.55. The van der Waals surface area contributed by atoms with Crippen LogP contribution in [0.2, 0.25) is 0 Å². The molecule has 1 heterocycles. The van der Waals surface area contributed by atoms with Crippen LogP contribution in [0.5, 0.6) is 0 Å². The number of amides is 1. The van der Waals surface area contributed by atoms with E-state index >= 15 is 0 Å². The van der Waals surface area contributed by atoms with Gasteiger partial charge in [-0.25, -0.2) is 4.39 Å². The Hall–Kier alpha value is -1.38. The van der Waals surface area contributed by atoms with Crippen LogP contribution in [0, 0.1) is 5.82 Å². The molecule has 0 aromatic heterocycles. The van der Waals surface area contributed by atoms with Crippen LogP contribution in [0.15, 0.2) is 24.3 Å². The van der Waals surface area contributed by atoms with E-state index in [0.29, 0.717) is 12.1 Å². The molecule has 2 nitrogen and oxygen atoms in total. The van der Waals surface area contributed by atoms with Gasteiger partial charge in [-0.15, -0.1) is 0 Å². The van der Waals surface area contributed by atoms with Gasteiger partial charge in [0.15, 0.2) is 0 Å². The lowest BCUT2D eigenvalue weighted by atomic mass is 9.76. The van der Waals surface area contributed by atoms with Crippen molar-refractivity contribution in [3.8, 4) is 0 Å². The zero-order valence-electron chi connectivity index (χ0n) is 7.30. The summed E-state index contributed by atoms with van der Waals surface area (Å²) >= 11 is 0. The average molecular weight is 179 g/mol. The lowest BCUT2D eigenvalue weighted by Gasteiger charge is -2.37. The number of β-lactam (4-membered cyclic amide) rings is 1. The Bertz CT molecular complexity index is 364. The van der Waals surface area contributed by atoms with Crippen molar-refractivity contribution >= 4 is 5.91 Å². The molecule has 1 N–H and O–H groups in total. The first-order valence-corrected chi connectivity index (χ1v) is 4.18. The molecule has 0 bridgehead atoms. The number of halogens is 1. The Morgan fingerprint density at radius 2 is 2.15 bits per heavy atom. The van der Waals surface area contributed by atoms with Crippen molar-refractivity contribution in [1.29, 1.82) is 0 Å². The summed E-state index contributed by atoms with van der Waals surface area (Å²) in [5, 5.41) is 2.62. The molecular formula is C10H10FNO. The molecule has 1 saturated heterocycles. The molecule has 3 heteroatoms. The van der Waals surface area contributed by atoms with Crippen LogP contribution in [0.3, 0.4) is 0 Å². The maximum Gasteiger partial charge on any atom is 0.232 e. The number of carbonyl (C=O) groups is 1. The minimum Gasteiger partial charge on any atom is -0.354 e. The molecule has 13 heavy (non-hydrogen) atoms. The average Bonchev–Trinajstić information content (AvgIpc) is 2.15. The van der Waals surface area contributed by atoms with Gasteiger partial charge in [-0.3, -0.25) is 4.79 Å². The van der Waals surface area contributed by atoms with E-state index in [1.54, 1.807) is 25.1 Å². The van der Waals surface area contributed by atoms with E-state index in [1.165, 1.54) is 6.07 Å². The molecule has 1 amide bonds. The van der Waals surface area contributed by atoms with Crippen LogP contribution < -0.4 is 5.32 Å². The second-order valence-corrected chi connectivity index (χ2v) is 3.49. The summed E-state index contributed by atoms with van der Waals surface area (Å²) in [5.41, 5.74) is -0.176. The molecule has 1 atom stereocenters. The van der Waals surface area contributed by atoms with Gasteiger partial charge in [-0.1, -0.05) is 18.2 Å². The normalized spacial score (nSPS) is 26.5. The predicted octanol–water partition coefficient (Wildman–Crippen LogP) is 1.21. The summed E-state index contributed by atoms with van der Waals surface area (Å²) in [6.45, 7) is 2.27. The van der Waals surface area contributed by atoms with Gasteiger partial charge < -0.3 is 5.32 Å². The maximum atomic E-state index is 13.3. The van der Waals surface area contributed by atoms with Gasteiger partial charge in [0.1, 0.15) is 5.82 Å². The molecule has 1 unspecified atom stereocenters. The zero-order chi connectivity index (χ0) is 9.47. The summed E-state index contributed by atoms with van der Waals surface area (Å²) in [5.74, 6) is -0.405. The fourth-order valence-electron chi connectivity index (χ4n) is 1.55. The maximum absolute atomic E-state index is 13.3. The quantitative estimate of drug-likeness (QED) is 0.645. The molecule has 1 aliphatic rings. The summed E-state index contributed by atoms with van der Waals surface area (Å²) < 4.78 is 13.3. The smallest absolute Gasteiger partial charge is 0.232 e. The number of rotatable bonds is 1. The number of hydrogen-bond acceptors (Lipinski definition) is 1. The molecule has 68 valence electrons. The van der Waals surface area contributed by atoms with Crippen LogP contribution in [0.4, 0.5) is 4.39 Å². The van der Waals surface area contributed by atoms with Gasteiger partial charge in [0, 0.05) is 12.1 Å². The Kier molecular flexibility index (Phi) is 1.62. The van der Waals surface area contributed by atoms with Crippen molar-refractivity contribution in [1.82, 2.24) is 5.32 Å². The highest BCUT2D eigenvalue weighted by Crippen LogP contribution is 2.30. The van der Waals surface area contributed by atoms with E-state index < -0.39 is 5.41 Å². The van der Waals surface area contributed by atoms with Gasteiger partial charge in [-0.2, -0.15) is 0 Å². The monoisotopic (exact) mass is 179 g/mol. The Balaban J connectivity index is 2.46. The van der Waals surface area contributed by atoms with Gasteiger partial charge in [0.05, 0.1) is 5.41 Å². The fourth-order valence-corrected chi connectivity index (χ4v) is 1.55. The first kappa shape index (κ1) is 8.23. The van der Waals surface area contributed by atoms with E-state index in [4.69, 9.17) is 0 Å². The third-order valence-electron chi connectivity index (χ3n) is 2.57. The second-order valence-electron chi connectivity index (χ2n) is 3.49. The number of benzene rings is 1. The highest BCUT2D eigenvalue weighted by atomic mass is 19.1. The first-order valence-electron chi connectivity index (χ1n) is 4.18. The van der Waals surface area contributed by atoms with Crippen LogP contribution in [0.1, 0.15) is 12.5 Å². The summed E-state index contributed by atoms with van der Waals surface area (Å²) in [7, 11) is 0.